The highest BCUT2D eigenvalue weighted by atomic mass is 35.5. The van der Waals surface area contributed by atoms with Crippen LogP contribution in [0, 0.1) is 0 Å². The number of allylic oxidation sites excluding steroid dienone is 6. The summed E-state index contributed by atoms with van der Waals surface area (Å²) in [5.74, 6) is 0.0846. The molecule has 3 nitrogen and oxygen atoms in total. The van der Waals surface area contributed by atoms with Gasteiger partial charge in [-0.25, -0.2) is 0 Å². The Balaban J connectivity index is 0.000000795. The minimum absolute atomic E-state index is 0.0846. The first-order valence-corrected chi connectivity index (χ1v) is 13.1. The lowest BCUT2D eigenvalue weighted by molar-refractivity contribution is 0.0743. The minimum atomic E-state index is 0.0846. The van der Waals surface area contributed by atoms with E-state index in [4.69, 9.17) is 11.6 Å². The number of likely N-dealkylation sites (tertiary alicyclic amines) is 1. The number of halogens is 1. The van der Waals surface area contributed by atoms with Gasteiger partial charge < -0.3 is 4.90 Å². The van der Waals surface area contributed by atoms with Gasteiger partial charge in [0.05, 0.1) is 0 Å². The summed E-state index contributed by atoms with van der Waals surface area (Å²) in [5, 5.41) is 0.781. The fourth-order valence-corrected chi connectivity index (χ4v) is 4.78. The summed E-state index contributed by atoms with van der Waals surface area (Å²) in [7, 11) is 0. The minimum Gasteiger partial charge on any atom is -0.338 e. The molecule has 1 saturated heterocycles. The number of unbranched alkanes of at least 4 members (excludes halogenated alkanes) is 1. The van der Waals surface area contributed by atoms with Gasteiger partial charge in [-0.3, -0.25) is 9.78 Å². The van der Waals surface area contributed by atoms with Crippen molar-refractivity contribution in [2.75, 3.05) is 13.1 Å². The van der Waals surface area contributed by atoms with Crippen LogP contribution in [0.2, 0.25) is 5.02 Å². The Morgan fingerprint density at radius 3 is 2.37 bits per heavy atom. The fraction of sp³-hybridized carbons (Fsp3) is 0.355. The Hall–Kier alpha value is -2.91. The van der Waals surface area contributed by atoms with Gasteiger partial charge in [0.25, 0.3) is 5.91 Å². The summed E-state index contributed by atoms with van der Waals surface area (Å²) in [4.78, 5) is 18.8. The average Bonchev–Trinajstić information content (AvgIpc) is 3.03. The first kappa shape index (κ1) is 26.7. The molecule has 0 atom stereocenters. The number of hydrogen-bond donors (Lipinski definition) is 0. The van der Waals surface area contributed by atoms with Gasteiger partial charge in [0.1, 0.15) is 0 Å². The van der Waals surface area contributed by atoms with Crippen LogP contribution in [-0.4, -0.2) is 28.9 Å². The highest BCUT2D eigenvalue weighted by Crippen LogP contribution is 2.40. The lowest BCUT2D eigenvalue weighted by Gasteiger charge is -2.31. The van der Waals surface area contributed by atoms with E-state index in [1.165, 1.54) is 46.3 Å². The Kier molecular flexibility index (Phi) is 10.1. The van der Waals surface area contributed by atoms with Crippen LogP contribution in [0.3, 0.4) is 0 Å². The molecule has 0 N–H and O–H groups in total. The van der Waals surface area contributed by atoms with Gasteiger partial charge in [0, 0.05) is 36.1 Å². The Morgan fingerprint density at radius 2 is 1.74 bits per heavy atom. The number of carbonyl (C=O) groups excluding carboxylic acids is 1. The quantitative estimate of drug-likeness (QED) is 0.406. The van der Waals surface area contributed by atoms with Crippen molar-refractivity contribution in [2.45, 2.75) is 59.3 Å². The summed E-state index contributed by atoms with van der Waals surface area (Å²) in [6, 6.07) is 9.82. The topological polar surface area (TPSA) is 33.2 Å². The molecule has 0 saturated carbocycles. The average molecular weight is 489 g/mol. The van der Waals surface area contributed by atoms with E-state index < -0.39 is 0 Å². The lowest BCUT2D eigenvalue weighted by Crippen LogP contribution is -2.36. The standard InChI is InChI=1S/C27H27ClN2O.C4H10/c1-3-4-5-20-6-7-23-18-24(28)8-9-25(23)26(19(20)2)21-12-16-30(17-13-21)27(31)22-10-14-29-15-11-22;1-3-4-2/h3-5,8-11,14-15,18H,1,6-7,12-13,16-17H2,2H3;3-4H2,1-2H3/b5-4-;. The molecule has 0 unspecified atom stereocenters. The van der Waals surface area contributed by atoms with Crippen LogP contribution in [0.15, 0.2) is 84.3 Å². The van der Waals surface area contributed by atoms with Crippen molar-refractivity contribution >= 4 is 23.1 Å². The van der Waals surface area contributed by atoms with Crippen molar-refractivity contribution in [1.29, 1.82) is 0 Å². The second kappa shape index (κ2) is 13.3. The van der Waals surface area contributed by atoms with E-state index in [-0.39, 0.29) is 5.91 Å². The van der Waals surface area contributed by atoms with Gasteiger partial charge in [-0.05, 0) is 84.7 Å². The molecule has 1 aliphatic heterocycles. The molecular weight excluding hydrogens is 452 g/mol. The number of aryl methyl sites for hydroxylation is 1. The number of benzene rings is 1. The third kappa shape index (κ3) is 6.82. The van der Waals surface area contributed by atoms with Crippen LogP contribution >= 0.6 is 11.6 Å². The van der Waals surface area contributed by atoms with Crippen LogP contribution in [0.1, 0.15) is 74.4 Å². The van der Waals surface area contributed by atoms with Crippen LogP contribution in [0.4, 0.5) is 0 Å². The van der Waals surface area contributed by atoms with Crippen molar-refractivity contribution in [1.82, 2.24) is 9.88 Å². The number of hydrogen-bond acceptors (Lipinski definition) is 2. The molecule has 1 aliphatic carbocycles. The predicted octanol–water partition coefficient (Wildman–Crippen LogP) is 8.24. The molecule has 1 aromatic carbocycles. The molecule has 4 heteroatoms. The number of amides is 1. The van der Waals surface area contributed by atoms with E-state index in [1.807, 2.05) is 23.1 Å². The Bertz CT molecular complexity index is 1120. The van der Waals surface area contributed by atoms with E-state index >= 15 is 0 Å². The smallest absolute Gasteiger partial charge is 0.253 e. The molecule has 4 rings (SSSR count). The molecule has 1 fully saturated rings. The van der Waals surface area contributed by atoms with Gasteiger partial charge in [-0.1, -0.05) is 74.7 Å². The highest BCUT2D eigenvalue weighted by molar-refractivity contribution is 6.30. The lowest BCUT2D eigenvalue weighted by atomic mass is 9.86. The largest absolute Gasteiger partial charge is 0.338 e. The molecule has 184 valence electrons. The molecule has 0 radical (unpaired) electrons. The summed E-state index contributed by atoms with van der Waals surface area (Å²) in [5.41, 5.74) is 8.70. The summed E-state index contributed by atoms with van der Waals surface area (Å²) in [6.45, 7) is 11.9. The number of fused-ring (bicyclic) bond motifs is 1. The van der Waals surface area contributed by atoms with Crippen molar-refractivity contribution in [2.24, 2.45) is 0 Å². The third-order valence-corrected chi connectivity index (χ3v) is 6.96. The molecule has 35 heavy (non-hydrogen) atoms. The molecule has 2 aromatic rings. The Labute approximate surface area is 215 Å². The molecule has 2 aliphatic rings. The van der Waals surface area contributed by atoms with Gasteiger partial charge in [-0.2, -0.15) is 0 Å². The second-order valence-electron chi connectivity index (χ2n) is 9.05. The van der Waals surface area contributed by atoms with Gasteiger partial charge in [0.15, 0.2) is 0 Å². The second-order valence-corrected chi connectivity index (χ2v) is 9.49. The number of rotatable bonds is 4. The first-order valence-electron chi connectivity index (χ1n) is 12.7. The van der Waals surface area contributed by atoms with E-state index in [9.17, 15) is 4.79 Å². The van der Waals surface area contributed by atoms with Crippen molar-refractivity contribution < 1.29 is 4.79 Å². The maximum absolute atomic E-state index is 12.8. The van der Waals surface area contributed by atoms with Gasteiger partial charge in [-0.15, -0.1) is 0 Å². The predicted molar refractivity (Wildman–Crippen MR) is 149 cm³/mol. The SMILES string of the molecule is C=C/C=C\C1=C(C)C(=C2CCN(C(=O)c3ccncc3)CC2)c2ccc(Cl)cc2CC1.CCCC. The highest BCUT2D eigenvalue weighted by Gasteiger charge is 2.25. The molecule has 0 spiro atoms. The van der Waals surface area contributed by atoms with Crippen molar-refractivity contribution in [3.05, 3.63) is 106 Å². The van der Waals surface area contributed by atoms with Crippen LogP contribution in [0.5, 0.6) is 0 Å². The molecule has 1 aromatic heterocycles. The molecule has 0 bridgehead atoms. The number of aromatic nitrogens is 1. The molecular formula is C31H37ClN2O. The van der Waals surface area contributed by atoms with Crippen LogP contribution < -0.4 is 0 Å². The number of piperidine rings is 1. The summed E-state index contributed by atoms with van der Waals surface area (Å²) < 4.78 is 0. The van der Waals surface area contributed by atoms with Gasteiger partial charge >= 0.3 is 0 Å². The maximum atomic E-state index is 12.8. The summed E-state index contributed by atoms with van der Waals surface area (Å²) >= 11 is 6.33. The van der Waals surface area contributed by atoms with Crippen LogP contribution in [0.25, 0.3) is 5.57 Å². The Morgan fingerprint density at radius 1 is 1.06 bits per heavy atom. The third-order valence-electron chi connectivity index (χ3n) is 6.73. The number of nitrogens with zero attached hydrogens (tertiary/aromatic N) is 2. The number of carbonyl (C=O) groups is 1. The fourth-order valence-electron chi connectivity index (χ4n) is 4.59. The maximum Gasteiger partial charge on any atom is 0.253 e. The number of pyridine rings is 1. The van der Waals surface area contributed by atoms with Crippen molar-refractivity contribution in [3.63, 3.8) is 0 Å². The van der Waals surface area contributed by atoms with E-state index in [2.05, 4.69) is 50.5 Å². The van der Waals surface area contributed by atoms with Gasteiger partial charge in [0.2, 0.25) is 0 Å². The van der Waals surface area contributed by atoms with E-state index in [0.29, 0.717) is 5.56 Å². The summed E-state index contributed by atoms with van der Waals surface area (Å²) in [6.07, 6.45) is 15.7. The van der Waals surface area contributed by atoms with Crippen LogP contribution in [-0.2, 0) is 6.42 Å². The monoisotopic (exact) mass is 488 g/mol. The first-order chi connectivity index (χ1) is 17.0. The normalized spacial score (nSPS) is 15.9. The van der Waals surface area contributed by atoms with E-state index in [1.54, 1.807) is 24.5 Å². The molecule has 1 amide bonds. The zero-order valence-electron chi connectivity index (χ0n) is 21.3. The van der Waals surface area contributed by atoms with Crippen molar-refractivity contribution in [3.8, 4) is 0 Å². The zero-order chi connectivity index (χ0) is 25.2. The molecule has 2 heterocycles. The zero-order valence-corrected chi connectivity index (χ0v) is 22.1. The van der Waals surface area contributed by atoms with E-state index in [0.717, 1.165) is 43.8 Å².